The molecule has 3 rings (SSSR count). The number of nitrogens with zero attached hydrogens (tertiary/aromatic N) is 1. The summed E-state index contributed by atoms with van der Waals surface area (Å²) in [7, 11) is 1.59. The molecule has 0 radical (unpaired) electrons. The van der Waals surface area contributed by atoms with Gasteiger partial charge in [0.2, 0.25) is 0 Å². The molecule has 0 spiro atoms. The number of hydrogen-bond acceptors (Lipinski definition) is 6. The third kappa shape index (κ3) is 5.27. The van der Waals surface area contributed by atoms with Crippen molar-refractivity contribution in [2.24, 2.45) is 5.10 Å². The smallest absolute Gasteiger partial charge is 0.259 e. The minimum absolute atomic E-state index is 0.0758. The minimum atomic E-state index is -0.283. The number of halogens is 1. The third-order valence-corrected chi connectivity index (χ3v) is 4.03. The Morgan fingerprint density at radius 1 is 1.30 bits per heavy atom. The van der Waals surface area contributed by atoms with Crippen LogP contribution in [0.5, 0.6) is 17.2 Å². The molecule has 2 N–H and O–H groups in total. The van der Waals surface area contributed by atoms with Crippen LogP contribution >= 0.6 is 11.6 Å². The number of benzene rings is 2. The van der Waals surface area contributed by atoms with Crippen molar-refractivity contribution in [3.8, 4) is 17.2 Å². The average Bonchev–Trinajstić information content (AvgIpc) is 2.92. The number of hydrogen-bond donors (Lipinski definition) is 2. The van der Waals surface area contributed by atoms with Gasteiger partial charge in [-0.25, -0.2) is 5.43 Å². The number of carbonyl (C=O) groups excluding carboxylic acids is 1. The molecule has 1 aliphatic rings. The van der Waals surface area contributed by atoms with Crippen LogP contribution in [-0.4, -0.2) is 39.0 Å². The summed E-state index contributed by atoms with van der Waals surface area (Å²) in [5, 5.41) is 7.40. The van der Waals surface area contributed by atoms with Crippen LogP contribution in [-0.2, 0) is 4.79 Å². The maximum Gasteiger partial charge on any atom is 0.259 e. The first-order valence-electron chi connectivity index (χ1n) is 8.44. The highest BCUT2D eigenvalue weighted by atomic mass is 35.5. The fourth-order valence-corrected chi connectivity index (χ4v) is 2.73. The highest BCUT2D eigenvalue weighted by Crippen LogP contribution is 2.37. The number of hydrazone groups is 1. The van der Waals surface area contributed by atoms with Gasteiger partial charge < -0.3 is 19.5 Å². The van der Waals surface area contributed by atoms with Crippen LogP contribution in [0, 0.1) is 0 Å². The van der Waals surface area contributed by atoms with Crippen molar-refractivity contribution >= 4 is 29.4 Å². The Bertz CT molecular complexity index is 842. The van der Waals surface area contributed by atoms with Crippen molar-refractivity contribution in [3.05, 3.63) is 47.0 Å². The molecule has 27 heavy (non-hydrogen) atoms. The van der Waals surface area contributed by atoms with E-state index in [1.54, 1.807) is 25.3 Å². The number of fused-ring (bicyclic) bond motifs is 1. The van der Waals surface area contributed by atoms with E-state index >= 15 is 0 Å². The molecule has 1 amide bonds. The van der Waals surface area contributed by atoms with Crippen LogP contribution in [0.4, 0.5) is 5.69 Å². The summed E-state index contributed by atoms with van der Waals surface area (Å²) in [6, 6.07) is 10.8. The van der Waals surface area contributed by atoms with E-state index in [1.807, 2.05) is 18.2 Å². The highest BCUT2D eigenvalue weighted by Gasteiger charge is 2.15. The molecule has 0 aromatic heterocycles. The maximum absolute atomic E-state index is 11.9. The van der Waals surface area contributed by atoms with Gasteiger partial charge in [-0.1, -0.05) is 17.7 Å². The summed E-state index contributed by atoms with van der Waals surface area (Å²) >= 11 is 6.23. The molecule has 8 heteroatoms. The van der Waals surface area contributed by atoms with Crippen LogP contribution in [0.2, 0.25) is 5.02 Å². The summed E-state index contributed by atoms with van der Waals surface area (Å²) in [6.07, 6.45) is 2.30. The Balaban J connectivity index is 1.54. The quantitative estimate of drug-likeness (QED) is 0.586. The van der Waals surface area contributed by atoms with Gasteiger partial charge >= 0.3 is 0 Å². The molecule has 0 bridgehead atoms. The molecule has 0 aliphatic carbocycles. The first kappa shape index (κ1) is 18.8. The second-order valence-electron chi connectivity index (χ2n) is 5.76. The zero-order valence-corrected chi connectivity index (χ0v) is 15.6. The Kier molecular flexibility index (Phi) is 6.38. The number of ether oxygens (including phenoxy) is 3. The zero-order valence-electron chi connectivity index (χ0n) is 14.8. The van der Waals surface area contributed by atoms with E-state index in [2.05, 4.69) is 15.8 Å². The summed E-state index contributed by atoms with van der Waals surface area (Å²) < 4.78 is 16.3. The molecular formula is C19H20ClN3O4. The van der Waals surface area contributed by atoms with Gasteiger partial charge in [-0.3, -0.25) is 4.79 Å². The highest BCUT2D eigenvalue weighted by molar-refractivity contribution is 6.32. The molecule has 0 unspecified atom stereocenters. The fourth-order valence-electron chi connectivity index (χ4n) is 2.46. The fraction of sp³-hybridized carbons (Fsp3) is 0.263. The van der Waals surface area contributed by atoms with Crippen LogP contribution in [0.15, 0.2) is 41.5 Å². The van der Waals surface area contributed by atoms with Gasteiger partial charge in [-0.2, -0.15) is 5.10 Å². The first-order valence-corrected chi connectivity index (χ1v) is 8.82. The average molecular weight is 390 g/mol. The number of anilines is 1. The SMILES string of the molecule is COc1cccc(NCC(=O)N/N=C\c2cc(Cl)c3c(c2)OCCCO3)c1. The van der Waals surface area contributed by atoms with E-state index < -0.39 is 0 Å². The van der Waals surface area contributed by atoms with Crippen molar-refractivity contribution in [2.45, 2.75) is 6.42 Å². The molecule has 1 heterocycles. The van der Waals surface area contributed by atoms with E-state index in [-0.39, 0.29) is 12.5 Å². The molecule has 1 aliphatic heterocycles. The van der Waals surface area contributed by atoms with Gasteiger partial charge in [0.15, 0.2) is 11.5 Å². The zero-order chi connectivity index (χ0) is 19.1. The first-order chi connectivity index (χ1) is 13.2. The van der Waals surface area contributed by atoms with Gasteiger partial charge in [-0.05, 0) is 29.8 Å². The van der Waals surface area contributed by atoms with Gasteiger partial charge in [0.1, 0.15) is 5.75 Å². The van der Waals surface area contributed by atoms with Gasteiger partial charge in [0.25, 0.3) is 5.91 Å². The van der Waals surface area contributed by atoms with Gasteiger partial charge in [-0.15, -0.1) is 0 Å². The van der Waals surface area contributed by atoms with Crippen molar-refractivity contribution in [2.75, 3.05) is 32.2 Å². The Morgan fingerprint density at radius 2 is 2.15 bits per heavy atom. The number of amides is 1. The Labute approximate surface area is 162 Å². The van der Waals surface area contributed by atoms with E-state index in [1.165, 1.54) is 6.21 Å². The number of methoxy groups -OCH3 is 1. The summed E-state index contributed by atoms with van der Waals surface area (Å²) in [5.41, 5.74) is 3.94. The summed E-state index contributed by atoms with van der Waals surface area (Å²) in [6.45, 7) is 1.21. The number of rotatable bonds is 6. The monoisotopic (exact) mass is 389 g/mol. The molecule has 2 aromatic rings. The van der Waals surface area contributed by atoms with Crippen LogP contribution in [0.1, 0.15) is 12.0 Å². The largest absolute Gasteiger partial charge is 0.497 e. The molecule has 0 saturated carbocycles. The van der Waals surface area contributed by atoms with Crippen molar-refractivity contribution in [1.29, 1.82) is 0 Å². The van der Waals surface area contributed by atoms with E-state index in [9.17, 15) is 4.79 Å². The predicted molar refractivity (Wildman–Crippen MR) is 104 cm³/mol. The molecule has 0 atom stereocenters. The van der Waals surface area contributed by atoms with Crippen LogP contribution < -0.4 is 25.0 Å². The Morgan fingerprint density at radius 3 is 3.00 bits per heavy atom. The van der Waals surface area contributed by atoms with Gasteiger partial charge in [0, 0.05) is 18.2 Å². The van der Waals surface area contributed by atoms with E-state index in [0.29, 0.717) is 41.0 Å². The second kappa shape index (κ2) is 9.14. The maximum atomic E-state index is 11.9. The second-order valence-corrected chi connectivity index (χ2v) is 6.17. The Hall–Kier alpha value is -2.93. The van der Waals surface area contributed by atoms with E-state index in [0.717, 1.165) is 12.1 Å². The predicted octanol–water partition coefficient (Wildman–Crippen LogP) is 3.07. The molecule has 0 saturated heterocycles. The van der Waals surface area contributed by atoms with Crippen molar-refractivity contribution < 1.29 is 19.0 Å². The lowest BCUT2D eigenvalue weighted by Crippen LogP contribution is -2.25. The molecule has 0 fully saturated rings. The minimum Gasteiger partial charge on any atom is -0.497 e. The summed E-state index contributed by atoms with van der Waals surface area (Å²) in [4.78, 5) is 11.9. The molecule has 2 aromatic carbocycles. The molecular weight excluding hydrogens is 370 g/mol. The lowest BCUT2D eigenvalue weighted by atomic mass is 10.2. The van der Waals surface area contributed by atoms with Gasteiger partial charge in [0.05, 0.1) is 38.1 Å². The lowest BCUT2D eigenvalue weighted by Gasteiger charge is -2.09. The standard InChI is InChI=1S/C19H20ClN3O4/c1-25-15-5-2-4-14(10-15)21-12-18(24)23-22-11-13-8-16(20)19-17(9-13)26-6-3-7-27-19/h2,4-5,8-11,21H,3,6-7,12H2,1H3,(H,23,24)/b22-11-. The van der Waals surface area contributed by atoms with Crippen molar-refractivity contribution in [3.63, 3.8) is 0 Å². The van der Waals surface area contributed by atoms with Crippen LogP contribution in [0.3, 0.4) is 0 Å². The number of carbonyl (C=O) groups is 1. The molecule has 7 nitrogen and oxygen atoms in total. The van der Waals surface area contributed by atoms with Crippen molar-refractivity contribution in [1.82, 2.24) is 5.43 Å². The molecule has 142 valence electrons. The topological polar surface area (TPSA) is 81.2 Å². The van der Waals surface area contributed by atoms with E-state index in [4.69, 9.17) is 25.8 Å². The third-order valence-electron chi connectivity index (χ3n) is 3.75. The van der Waals surface area contributed by atoms with Crippen LogP contribution in [0.25, 0.3) is 0 Å². The lowest BCUT2D eigenvalue weighted by molar-refractivity contribution is -0.119. The normalized spacial score (nSPS) is 13.1. The number of nitrogens with one attached hydrogen (secondary N) is 2. The summed E-state index contributed by atoms with van der Waals surface area (Å²) in [5.74, 6) is 1.55.